The van der Waals surface area contributed by atoms with E-state index in [0.717, 1.165) is 13.1 Å². The molecule has 1 amide bonds. The summed E-state index contributed by atoms with van der Waals surface area (Å²) in [6, 6.07) is 0. The first-order valence-electron chi connectivity index (χ1n) is 6.29. The Morgan fingerprint density at radius 1 is 1.31 bits per heavy atom. The quantitative estimate of drug-likeness (QED) is 0.719. The van der Waals surface area contributed by atoms with Crippen LogP contribution < -0.4 is 5.32 Å². The van der Waals surface area contributed by atoms with Crippen molar-refractivity contribution < 1.29 is 4.79 Å². The summed E-state index contributed by atoms with van der Waals surface area (Å²) < 4.78 is 0. The van der Waals surface area contributed by atoms with E-state index in [9.17, 15) is 4.79 Å². The third-order valence-corrected chi connectivity index (χ3v) is 3.91. The summed E-state index contributed by atoms with van der Waals surface area (Å²) in [6.45, 7) is 8.13. The average molecular weight is 244 g/mol. The Morgan fingerprint density at radius 3 is 2.50 bits per heavy atom. The van der Waals surface area contributed by atoms with Gasteiger partial charge in [0.25, 0.3) is 0 Å². The van der Waals surface area contributed by atoms with E-state index in [4.69, 9.17) is 0 Å². The molecule has 0 aliphatic carbocycles. The second-order valence-corrected chi connectivity index (χ2v) is 5.44. The Bertz CT molecular complexity index is 215. The van der Waals surface area contributed by atoms with Crippen LogP contribution in [-0.4, -0.2) is 42.2 Å². The van der Waals surface area contributed by atoms with Crippen LogP contribution in [0.2, 0.25) is 0 Å². The average Bonchev–Trinajstić information content (AvgIpc) is 2.29. The maximum atomic E-state index is 11.6. The number of nitrogens with one attached hydrogen (secondary N) is 1. The molecule has 1 fully saturated rings. The van der Waals surface area contributed by atoms with Crippen LogP contribution >= 0.6 is 12.6 Å². The van der Waals surface area contributed by atoms with Crippen LogP contribution in [0.15, 0.2) is 0 Å². The molecule has 1 saturated heterocycles. The van der Waals surface area contributed by atoms with Crippen LogP contribution in [0, 0.1) is 5.92 Å². The molecule has 1 N–H and O–H groups in total. The highest BCUT2D eigenvalue weighted by Gasteiger charge is 2.17. The fourth-order valence-electron chi connectivity index (χ4n) is 1.93. The van der Waals surface area contributed by atoms with Gasteiger partial charge < -0.3 is 10.2 Å². The Hall–Kier alpha value is -0.220. The lowest BCUT2D eigenvalue weighted by Gasteiger charge is -2.26. The van der Waals surface area contributed by atoms with Crippen molar-refractivity contribution in [1.29, 1.82) is 0 Å². The van der Waals surface area contributed by atoms with Crippen molar-refractivity contribution in [3.05, 3.63) is 0 Å². The van der Waals surface area contributed by atoms with E-state index in [1.54, 1.807) is 0 Å². The van der Waals surface area contributed by atoms with Crippen LogP contribution in [0.4, 0.5) is 0 Å². The molecule has 1 rings (SSSR count). The van der Waals surface area contributed by atoms with Gasteiger partial charge in [-0.2, -0.15) is 12.6 Å². The van der Waals surface area contributed by atoms with Gasteiger partial charge in [0.05, 0.1) is 5.25 Å². The van der Waals surface area contributed by atoms with Gasteiger partial charge in [0.2, 0.25) is 5.91 Å². The largest absolute Gasteiger partial charge is 0.354 e. The summed E-state index contributed by atoms with van der Waals surface area (Å²) in [6.07, 6.45) is 3.96. The summed E-state index contributed by atoms with van der Waals surface area (Å²) in [7, 11) is 0. The molecule has 0 spiro atoms. The number of carbonyl (C=O) groups excluding carboxylic acids is 1. The maximum Gasteiger partial charge on any atom is 0.233 e. The zero-order chi connectivity index (χ0) is 12.0. The Balaban J connectivity index is 2.12. The molecule has 0 radical (unpaired) electrons. The molecular weight excluding hydrogens is 220 g/mol. The lowest BCUT2D eigenvalue weighted by molar-refractivity contribution is -0.121. The minimum Gasteiger partial charge on any atom is -0.354 e. The number of carbonyl (C=O) groups is 1. The van der Waals surface area contributed by atoms with E-state index in [-0.39, 0.29) is 11.2 Å². The van der Waals surface area contributed by atoms with Gasteiger partial charge in [0.1, 0.15) is 0 Å². The monoisotopic (exact) mass is 244 g/mol. The minimum atomic E-state index is -0.179. The molecule has 1 heterocycles. The van der Waals surface area contributed by atoms with Crippen molar-refractivity contribution in [1.82, 2.24) is 10.2 Å². The van der Waals surface area contributed by atoms with E-state index in [1.165, 1.54) is 32.4 Å². The molecule has 0 aromatic rings. The van der Waals surface area contributed by atoms with E-state index in [0.29, 0.717) is 5.92 Å². The molecule has 16 heavy (non-hydrogen) atoms. The Labute approximate surface area is 104 Å². The van der Waals surface area contributed by atoms with Crippen molar-refractivity contribution in [3.8, 4) is 0 Å². The van der Waals surface area contributed by atoms with E-state index < -0.39 is 0 Å². The van der Waals surface area contributed by atoms with Crippen LogP contribution in [0.3, 0.4) is 0 Å². The normalized spacial score (nSPS) is 19.8. The molecule has 1 atom stereocenters. The predicted octanol–water partition coefficient (Wildman–Crippen LogP) is 1.54. The van der Waals surface area contributed by atoms with Crippen molar-refractivity contribution in [3.63, 3.8) is 0 Å². The van der Waals surface area contributed by atoms with Crippen LogP contribution in [0.5, 0.6) is 0 Å². The lowest BCUT2D eigenvalue weighted by atomic mass is 10.1. The van der Waals surface area contributed by atoms with Gasteiger partial charge >= 0.3 is 0 Å². The predicted molar refractivity (Wildman–Crippen MR) is 70.9 cm³/mol. The minimum absolute atomic E-state index is 0.0651. The fourth-order valence-corrected chi connectivity index (χ4v) is 2.02. The number of rotatable bonds is 5. The molecule has 94 valence electrons. The molecule has 4 heteroatoms. The third-order valence-electron chi connectivity index (χ3n) is 3.08. The second kappa shape index (κ2) is 7.17. The molecule has 1 aliphatic rings. The second-order valence-electron chi connectivity index (χ2n) is 4.88. The molecule has 0 saturated carbocycles. The van der Waals surface area contributed by atoms with Crippen LogP contribution in [0.1, 0.15) is 33.1 Å². The standard InChI is InChI=1S/C12H24N2OS/c1-10(2)11(16)12(15)13-6-9-14-7-4-3-5-8-14/h10-11,16H,3-9H2,1-2H3,(H,13,15). The number of amides is 1. The highest BCUT2D eigenvalue weighted by molar-refractivity contribution is 7.81. The highest BCUT2D eigenvalue weighted by atomic mass is 32.1. The summed E-state index contributed by atoms with van der Waals surface area (Å²) in [5.41, 5.74) is 0. The number of thiol groups is 1. The summed E-state index contributed by atoms with van der Waals surface area (Å²) in [4.78, 5) is 14.0. The first kappa shape index (κ1) is 13.8. The van der Waals surface area contributed by atoms with Gasteiger partial charge in [0, 0.05) is 13.1 Å². The number of hydrogen-bond acceptors (Lipinski definition) is 3. The zero-order valence-corrected chi connectivity index (χ0v) is 11.3. The summed E-state index contributed by atoms with van der Waals surface area (Å²) in [5, 5.41) is 2.77. The fraction of sp³-hybridized carbons (Fsp3) is 0.917. The van der Waals surface area contributed by atoms with Gasteiger partial charge in [-0.1, -0.05) is 20.3 Å². The lowest BCUT2D eigenvalue weighted by Crippen LogP contribution is -2.41. The van der Waals surface area contributed by atoms with Gasteiger partial charge in [-0.15, -0.1) is 0 Å². The Morgan fingerprint density at radius 2 is 1.94 bits per heavy atom. The molecular formula is C12H24N2OS. The van der Waals surface area contributed by atoms with Crippen molar-refractivity contribution in [2.45, 2.75) is 38.4 Å². The topological polar surface area (TPSA) is 32.3 Å². The SMILES string of the molecule is CC(C)C(S)C(=O)NCCN1CCCCC1. The highest BCUT2D eigenvalue weighted by Crippen LogP contribution is 2.09. The maximum absolute atomic E-state index is 11.6. The van der Waals surface area contributed by atoms with Gasteiger partial charge in [-0.25, -0.2) is 0 Å². The molecule has 3 nitrogen and oxygen atoms in total. The molecule has 1 unspecified atom stereocenters. The number of likely N-dealkylation sites (tertiary alicyclic amines) is 1. The number of hydrogen-bond donors (Lipinski definition) is 2. The van der Waals surface area contributed by atoms with Crippen LogP contribution in [0.25, 0.3) is 0 Å². The molecule has 1 aliphatic heterocycles. The smallest absolute Gasteiger partial charge is 0.233 e. The van der Waals surface area contributed by atoms with Gasteiger partial charge in [0.15, 0.2) is 0 Å². The van der Waals surface area contributed by atoms with E-state index in [2.05, 4.69) is 22.8 Å². The zero-order valence-electron chi connectivity index (χ0n) is 10.4. The van der Waals surface area contributed by atoms with E-state index >= 15 is 0 Å². The van der Waals surface area contributed by atoms with Crippen molar-refractivity contribution in [2.24, 2.45) is 5.92 Å². The number of piperidine rings is 1. The van der Waals surface area contributed by atoms with Gasteiger partial charge in [-0.3, -0.25) is 4.79 Å². The Kier molecular flexibility index (Phi) is 6.21. The molecule has 0 aromatic heterocycles. The van der Waals surface area contributed by atoms with Gasteiger partial charge in [-0.05, 0) is 31.8 Å². The van der Waals surface area contributed by atoms with Crippen LogP contribution in [-0.2, 0) is 4.79 Å². The molecule has 0 aromatic carbocycles. The summed E-state index contributed by atoms with van der Waals surface area (Å²) in [5.74, 6) is 0.355. The third kappa shape index (κ3) is 4.74. The first-order valence-corrected chi connectivity index (χ1v) is 6.81. The van der Waals surface area contributed by atoms with Crippen molar-refractivity contribution >= 4 is 18.5 Å². The van der Waals surface area contributed by atoms with Crippen molar-refractivity contribution in [2.75, 3.05) is 26.2 Å². The number of nitrogens with zero attached hydrogens (tertiary/aromatic N) is 1. The summed E-state index contributed by atoms with van der Waals surface area (Å²) >= 11 is 4.29. The first-order chi connectivity index (χ1) is 7.61. The molecule has 0 bridgehead atoms. The van der Waals surface area contributed by atoms with E-state index in [1.807, 2.05) is 13.8 Å².